The number of rotatable bonds is 3. The van der Waals surface area contributed by atoms with Gasteiger partial charge in [0.05, 0.1) is 0 Å². The van der Waals surface area contributed by atoms with Gasteiger partial charge < -0.3 is 4.90 Å². The zero-order valence-electron chi connectivity index (χ0n) is 10.3. The standard InChI is InChI=1S/C14H20N2/c1-4-13(10(2)3)16-9-11-7-5-6-8-12(11)14(16)15/h5-8,10,13,15H,4,9H2,1-3H3. The van der Waals surface area contributed by atoms with Crippen LogP contribution in [0, 0.1) is 11.3 Å². The maximum atomic E-state index is 8.24. The molecule has 0 amide bonds. The molecule has 0 saturated heterocycles. The Labute approximate surface area is 97.8 Å². The van der Waals surface area contributed by atoms with Gasteiger partial charge in [0.2, 0.25) is 0 Å². The third-order valence-electron chi connectivity index (χ3n) is 3.49. The van der Waals surface area contributed by atoms with Crippen molar-refractivity contribution < 1.29 is 0 Å². The SMILES string of the molecule is CCC(C(C)C)N1Cc2ccccc2C1=N. The van der Waals surface area contributed by atoms with Crippen molar-refractivity contribution >= 4 is 5.84 Å². The first-order valence-corrected chi connectivity index (χ1v) is 6.08. The fraction of sp³-hybridized carbons (Fsp3) is 0.500. The van der Waals surface area contributed by atoms with E-state index in [1.807, 2.05) is 6.07 Å². The van der Waals surface area contributed by atoms with Crippen LogP contribution in [0.2, 0.25) is 0 Å². The summed E-state index contributed by atoms with van der Waals surface area (Å²) in [4.78, 5) is 2.25. The molecular formula is C14H20N2. The lowest BCUT2D eigenvalue weighted by atomic mass is 10.0. The lowest BCUT2D eigenvalue weighted by Crippen LogP contribution is -2.38. The van der Waals surface area contributed by atoms with E-state index in [0.717, 1.165) is 18.5 Å². The maximum Gasteiger partial charge on any atom is 0.128 e. The van der Waals surface area contributed by atoms with Gasteiger partial charge in [-0.1, -0.05) is 45.0 Å². The Hall–Kier alpha value is -1.31. The number of hydrogen-bond acceptors (Lipinski definition) is 1. The Morgan fingerprint density at radius 1 is 1.31 bits per heavy atom. The van der Waals surface area contributed by atoms with Crippen LogP contribution >= 0.6 is 0 Å². The van der Waals surface area contributed by atoms with Gasteiger partial charge in [-0.3, -0.25) is 5.41 Å². The molecule has 1 atom stereocenters. The van der Waals surface area contributed by atoms with Gasteiger partial charge in [0, 0.05) is 18.2 Å². The first kappa shape index (κ1) is 11.2. The van der Waals surface area contributed by atoms with Crippen LogP contribution < -0.4 is 0 Å². The summed E-state index contributed by atoms with van der Waals surface area (Å²) in [6.45, 7) is 7.60. The van der Waals surface area contributed by atoms with Gasteiger partial charge >= 0.3 is 0 Å². The summed E-state index contributed by atoms with van der Waals surface area (Å²) in [5, 5.41) is 8.24. The van der Waals surface area contributed by atoms with Crippen molar-refractivity contribution in [2.45, 2.75) is 39.8 Å². The molecule has 0 fully saturated rings. The highest BCUT2D eigenvalue weighted by Gasteiger charge is 2.29. The van der Waals surface area contributed by atoms with Crippen LogP contribution in [0.5, 0.6) is 0 Å². The first-order chi connectivity index (χ1) is 7.65. The summed E-state index contributed by atoms with van der Waals surface area (Å²) >= 11 is 0. The molecule has 1 heterocycles. The maximum absolute atomic E-state index is 8.24. The fourth-order valence-electron chi connectivity index (χ4n) is 2.64. The Bertz CT molecular complexity index is 395. The summed E-state index contributed by atoms with van der Waals surface area (Å²) in [5.41, 5.74) is 2.41. The molecule has 0 spiro atoms. The predicted octanol–water partition coefficient (Wildman–Crippen LogP) is 3.26. The van der Waals surface area contributed by atoms with Crippen molar-refractivity contribution in [3.8, 4) is 0 Å². The molecule has 16 heavy (non-hydrogen) atoms. The fourth-order valence-corrected chi connectivity index (χ4v) is 2.64. The van der Waals surface area contributed by atoms with E-state index in [1.54, 1.807) is 0 Å². The molecule has 1 N–H and O–H groups in total. The molecule has 0 aromatic heterocycles. The molecule has 2 rings (SSSR count). The van der Waals surface area contributed by atoms with Crippen LogP contribution in [0.25, 0.3) is 0 Å². The molecule has 2 heteroatoms. The van der Waals surface area contributed by atoms with Crippen molar-refractivity contribution in [1.29, 1.82) is 5.41 Å². The van der Waals surface area contributed by atoms with Gasteiger partial charge in [-0.15, -0.1) is 0 Å². The van der Waals surface area contributed by atoms with E-state index < -0.39 is 0 Å². The van der Waals surface area contributed by atoms with E-state index in [-0.39, 0.29) is 0 Å². The number of fused-ring (bicyclic) bond motifs is 1. The van der Waals surface area contributed by atoms with Crippen LogP contribution in [-0.4, -0.2) is 16.8 Å². The summed E-state index contributed by atoms with van der Waals surface area (Å²) in [6.07, 6.45) is 1.11. The normalized spacial score (nSPS) is 16.8. The molecule has 0 bridgehead atoms. The third-order valence-corrected chi connectivity index (χ3v) is 3.49. The molecule has 0 saturated carbocycles. The average Bonchev–Trinajstić information content (AvgIpc) is 2.58. The molecular weight excluding hydrogens is 196 g/mol. The van der Waals surface area contributed by atoms with Crippen LogP contribution in [-0.2, 0) is 6.54 Å². The second-order valence-electron chi connectivity index (χ2n) is 4.85. The van der Waals surface area contributed by atoms with E-state index in [1.165, 1.54) is 5.56 Å². The molecule has 1 aliphatic rings. The van der Waals surface area contributed by atoms with Crippen molar-refractivity contribution in [3.63, 3.8) is 0 Å². The third kappa shape index (κ3) is 1.73. The van der Waals surface area contributed by atoms with Gasteiger partial charge in [0.1, 0.15) is 5.84 Å². The highest BCUT2D eigenvalue weighted by atomic mass is 15.2. The largest absolute Gasteiger partial charge is 0.349 e. The Morgan fingerprint density at radius 3 is 2.56 bits per heavy atom. The second kappa shape index (κ2) is 4.28. The van der Waals surface area contributed by atoms with Crippen LogP contribution in [0.15, 0.2) is 24.3 Å². The Kier molecular flexibility index (Phi) is 2.99. The van der Waals surface area contributed by atoms with E-state index >= 15 is 0 Å². The summed E-state index contributed by atoms with van der Waals surface area (Å²) < 4.78 is 0. The Balaban J connectivity index is 2.27. The zero-order chi connectivity index (χ0) is 11.7. The van der Waals surface area contributed by atoms with Crippen molar-refractivity contribution in [2.75, 3.05) is 0 Å². The van der Waals surface area contributed by atoms with Gasteiger partial charge in [0.25, 0.3) is 0 Å². The highest BCUT2D eigenvalue weighted by molar-refractivity contribution is 6.00. The Morgan fingerprint density at radius 2 is 2.00 bits per heavy atom. The van der Waals surface area contributed by atoms with Crippen LogP contribution in [0.3, 0.4) is 0 Å². The topological polar surface area (TPSA) is 27.1 Å². The lowest BCUT2D eigenvalue weighted by molar-refractivity contribution is 0.241. The van der Waals surface area contributed by atoms with E-state index in [0.29, 0.717) is 17.8 Å². The van der Waals surface area contributed by atoms with Gasteiger partial charge in [-0.05, 0) is 17.9 Å². The number of hydrogen-bond donors (Lipinski definition) is 1. The number of amidine groups is 1. The molecule has 86 valence electrons. The van der Waals surface area contributed by atoms with Crippen molar-refractivity contribution in [3.05, 3.63) is 35.4 Å². The van der Waals surface area contributed by atoms with Crippen molar-refractivity contribution in [2.24, 2.45) is 5.92 Å². The quantitative estimate of drug-likeness (QED) is 0.825. The molecule has 0 aliphatic carbocycles. The van der Waals surface area contributed by atoms with E-state index in [2.05, 4.69) is 43.9 Å². The molecule has 1 unspecified atom stereocenters. The van der Waals surface area contributed by atoms with Gasteiger partial charge in [-0.25, -0.2) is 0 Å². The summed E-state index contributed by atoms with van der Waals surface area (Å²) in [5.74, 6) is 1.30. The van der Waals surface area contributed by atoms with Gasteiger partial charge in [-0.2, -0.15) is 0 Å². The molecule has 1 aromatic carbocycles. The number of nitrogens with zero attached hydrogens (tertiary/aromatic N) is 1. The van der Waals surface area contributed by atoms with Crippen molar-refractivity contribution in [1.82, 2.24) is 4.90 Å². The van der Waals surface area contributed by atoms with E-state index in [4.69, 9.17) is 5.41 Å². The lowest BCUT2D eigenvalue weighted by Gasteiger charge is -2.31. The molecule has 0 radical (unpaired) electrons. The zero-order valence-corrected chi connectivity index (χ0v) is 10.3. The first-order valence-electron chi connectivity index (χ1n) is 6.08. The highest BCUT2D eigenvalue weighted by Crippen LogP contribution is 2.27. The van der Waals surface area contributed by atoms with Crippen LogP contribution in [0.4, 0.5) is 0 Å². The minimum Gasteiger partial charge on any atom is -0.349 e. The minimum atomic E-state index is 0.486. The summed E-state index contributed by atoms with van der Waals surface area (Å²) in [7, 11) is 0. The van der Waals surface area contributed by atoms with E-state index in [9.17, 15) is 0 Å². The average molecular weight is 216 g/mol. The second-order valence-corrected chi connectivity index (χ2v) is 4.85. The summed E-state index contributed by atoms with van der Waals surface area (Å²) in [6, 6.07) is 8.76. The molecule has 1 aliphatic heterocycles. The van der Waals surface area contributed by atoms with Crippen LogP contribution in [0.1, 0.15) is 38.3 Å². The molecule has 2 nitrogen and oxygen atoms in total. The number of nitrogens with one attached hydrogen (secondary N) is 1. The van der Waals surface area contributed by atoms with Gasteiger partial charge in [0.15, 0.2) is 0 Å². The predicted molar refractivity (Wildman–Crippen MR) is 67.7 cm³/mol. The minimum absolute atomic E-state index is 0.486. The molecule has 1 aromatic rings. The smallest absolute Gasteiger partial charge is 0.128 e. The number of benzene rings is 1. The monoisotopic (exact) mass is 216 g/mol.